The summed E-state index contributed by atoms with van der Waals surface area (Å²) >= 11 is 0. The molecule has 0 aliphatic heterocycles. The van der Waals surface area contributed by atoms with Gasteiger partial charge in [0.2, 0.25) is 5.91 Å². The SMILES string of the molecule is O=C(C=CC=C(c1ccccc1)c1ccc(C(F)(F)F)cc1)Nc1cccc2cnccc12. The predicted molar refractivity (Wildman–Crippen MR) is 124 cm³/mol. The number of anilines is 1. The van der Waals surface area contributed by atoms with Crippen LogP contribution in [0.4, 0.5) is 18.9 Å². The molecule has 0 aliphatic carbocycles. The zero-order valence-electron chi connectivity index (χ0n) is 17.4. The Morgan fingerprint density at radius 1 is 0.848 bits per heavy atom. The molecule has 0 atom stereocenters. The molecule has 1 amide bonds. The molecule has 4 rings (SSSR count). The predicted octanol–water partition coefficient (Wildman–Crippen LogP) is 6.88. The number of nitrogens with one attached hydrogen (secondary N) is 1. The fourth-order valence-corrected chi connectivity index (χ4v) is 3.45. The number of aromatic nitrogens is 1. The average Bonchev–Trinajstić information content (AvgIpc) is 2.82. The van der Waals surface area contributed by atoms with Gasteiger partial charge in [0.1, 0.15) is 0 Å². The molecule has 164 valence electrons. The second kappa shape index (κ2) is 9.53. The van der Waals surface area contributed by atoms with E-state index in [-0.39, 0.29) is 5.91 Å². The first-order valence-electron chi connectivity index (χ1n) is 10.2. The second-order valence-electron chi connectivity index (χ2n) is 7.27. The molecule has 0 bridgehead atoms. The van der Waals surface area contributed by atoms with Gasteiger partial charge in [0.25, 0.3) is 0 Å². The highest BCUT2D eigenvalue weighted by Crippen LogP contribution is 2.31. The molecule has 0 radical (unpaired) electrons. The number of allylic oxidation sites excluding steroid dienone is 2. The molecule has 0 unspecified atom stereocenters. The molecule has 6 heteroatoms. The lowest BCUT2D eigenvalue weighted by atomic mass is 9.96. The van der Waals surface area contributed by atoms with Crippen molar-refractivity contribution in [2.45, 2.75) is 6.18 Å². The number of benzene rings is 3. The largest absolute Gasteiger partial charge is 0.416 e. The van der Waals surface area contributed by atoms with Crippen LogP contribution in [0.3, 0.4) is 0 Å². The number of carbonyl (C=O) groups excluding carboxylic acids is 1. The fourth-order valence-electron chi connectivity index (χ4n) is 3.45. The van der Waals surface area contributed by atoms with Crippen molar-refractivity contribution < 1.29 is 18.0 Å². The summed E-state index contributed by atoms with van der Waals surface area (Å²) in [6.45, 7) is 0. The Hall–Kier alpha value is -4.19. The number of halogens is 3. The van der Waals surface area contributed by atoms with Crippen molar-refractivity contribution in [3.8, 4) is 0 Å². The van der Waals surface area contributed by atoms with Crippen LogP contribution in [0.2, 0.25) is 0 Å². The smallest absolute Gasteiger partial charge is 0.322 e. The molecule has 1 aromatic heterocycles. The summed E-state index contributed by atoms with van der Waals surface area (Å²) < 4.78 is 38.8. The van der Waals surface area contributed by atoms with E-state index in [2.05, 4.69) is 10.3 Å². The third-order valence-corrected chi connectivity index (χ3v) is 5.06. The Kier molecular flexibility index (Phi) is 6.36. The number of rotatable bonds is 5. The quantitative estimate of drug-likeness (QED) is 0.269. The summed E-state index contributed by atoms with van der Waals surface area (Å²) in [5, 5.41) is 4.64. The van der Waals surface area contributed by atoms with Crippen molar-refractivity contribution in [1.82, 2.24) is 4.98 Å². The summed E-state index contributed by atoms with van der Waals surface area (Å²) in [6, 6.07) is 21.6. The maximum Gasteiger partial charge on any atom is 0.416 e. The summed E-state index contributed by atoms with van der Waals surface area (Å²) in [5.74, 6) is -0.324. The van der Waals surface area contributed by atoms with Gasteiger partial charge in [-0.05, 0) is 41.0 Å². The third kappa shape index (κ3) is 5.36. The van der Waals surface area contributed by atoms with Crippen molar-refractivity contribution in [3.63, 3.8) is 0 Å². The van der Waals surface area contributed by atoms with Gasteiger partial charge in [-0.25, -0.2) is 0 Å². The van der Waals surface area contributed by atoms with Crippen LogP contribution in [-0.4, -0.2) is 10.9 Å². The van der Waals surface area contributed by atoms with E-state index < -0.39 is 11.7 Å². The van der Waals surface area contributed by atoms with Gasteiger partial charge in [0.05, 0.1) is 5.56 Å². The number of hydrogen-bond donors (Lipinski definition) is 1. The van der Waals surface area contributed by atoms with Crippen molar-refractivity contribution in [2.24, 2.45) is 0 Å². The zero-order valence-corrected chi connectivity index (χ0v) is 17.4. The number of alkyl halides is 3. The summed E-state index contributed by atoms with van der Waals surface area (Å²) in [7, 11) is 0. The van der Waals surface area contributed by atoms with E-state index >= 15 is 0 Å². The molecular weight excluding hydrogens is 425 g/mol. The van der Waals surface area contributed by atoms with Gasteiger partial charge in [-0.2, -0.15) is 13.2 Å². The minimum atomic E-state index is -4.40. The topological polar surface area (TPSA) is 42.0 Å². The fraction of sp³-hybridized carbons (Fsp3) is 0.0370. The number of carbonyl (C=O) groups is 1. The van der Waals surface area contributed by atoms with E-state index in [0.717, 1.165) is 28.5 Å². The molecule has 0 fully saturated rings. The van der Waals surface area contributed by atoms with Crippen molar-refractivity contribution >= 4 is 27.9 Å². The average molecular weight is 444 g/mol. The number of fused-ring (bicyclic) bond motifs is 1. The Labute approximate surface area is 188 Å². The van der Waals surface area contributed by atoms with Crippen LogP contribution in [0.25, 0.3) is 16.3 Å². The number of hydrogen-bond acceptors (Lipinski definition) is 2. The number of amides is 1. The molecule has 0 saturated carbocycles. The first kappa shape index (κ1) is 22.0. The van der Waals surface area contributed by atoms with Gasteiger partial charge in [-0.1, -0.05) is 66.7 Å². The third-order valence-electron chi connectivity index (χ3n) is 5.06. The van der Waals surface area contributed by atoms with E-state index in [1.165, 1.54) is 18.2 Å². The highest BCUT2D eigenvalue weighted by molar-refractivity contribution is 6.06. The Bertz CT molecular complexity index is 1320. The van der Waals surface area contributed by atoms with Crippen molar-refractivity contribution in [2.75, 3.05) is 5.32 Å². The van der Waals surface area contributed by atoms with Crippen LogP contribution in [0.5, 0.6) is 0 Å². The first-order chi connectivity index (χ1) is 15.9. The number of pyridine rings is 1. The lowest BCUT2D eigenvalue weighted by Crippen LogP contribution is -2.08. The molecule has 0 saturated heterocycles. The van der Waals surface area contributed by atoms with Gasteiger partial charge in [0.15, 0.2) is 0 Å². The molecular formula is C27H19F3N2O. The minimum absolute atomic E-state index is 0.324. The van der Waals surface area contributed by atoms with Crippen molar-refractivity contribution in [1.29, 1.82) is 0 Å². The Morgan fingerprint density at radius 3 is 2.30 bits per heavy atom. The molecule has 0 spiro atoms. The monoisotopic (exact) mass is 444 g/mol. The standard InChI is InChI=1S/C27H19F3N2O/c28-27(29,30)22-14-12-20(13-15-22)23(19-6-2-1-3-7-19)9-5-11-26(33)32-25-10-4-8-21-18-31-17-16-24(21)25/h1-18H,(H,32,33). The normalized spacial score (nSPS) is 12.3. The Morgan fingerprint density at radius 2 is 1.58 bits per heavy atom. The number of nitrogens with zero attached hydrogens (tertiary/aromatic N) is 1. The van der Waals surface area contributed by atoms with Crippen LogP contribution < -0.4 is 5.32 Å². The van der Waals surface area contributed by atoms with E-state index in [1.54, 1.807) is 24.5 Å². The molecule has 1 heterocycles. The van der Waals surface area contributed by atoms with Crippen LogP contribution >= 0.6 is 0 Å². The van der Waals surface area contributed by atoms with Gasteiger partial charge in [-0.15, -0.1) is 0 Å². The van der Waals surface area contributed by atoms with E-state index in [4.69, 9.17) is 0 Å². The van der Waals surface area contributed by atoms with Crippen LogP contribution in [-0.2, 0) is 11.0 Å². The summed E-state index contributed by atoms with van der Waals surface area (Å²) in [5.41, 5.74) is 2.09. The van der Waals surface area contributed by atoms with E-state index in [9.17, 15) is 18.0 Å². The van der Waals surface area contributed by atoms with Crippen LogP contribution in [0, 0.1) is 0 Å². The minimum Gasteiger partial charge on any atom is -0.322 e. The maximum absolute atomic E-state index is 12.9. The molecule has 4 aromatic rings. The summed E-state index contributed by atoms with van der Waals surface area (Å²) in [4.78, 5) is 16.6. The zero-order chi connectivity index (χ0) is 23.3. The second-order valence-corrected chi connectivity index (χ2v) is 7.27. The van der Waals surface area contributed by atoms with Gasteiger partial charge >= 0.3 is 6.18 Å². The molecule has 0 aliphatic rings. The van der Waals surface area contributed by atoms with Gasteiger partial charge < -0.3 is 5.32 Å². The lowest BCUT2D eigenvalue weighted by Gasteiger charge is -2.11. The van der Waals surface area contributed by atoms with Gasteiger partial charge in [-0.3, -0.25) is 9.78 Å². The Balaban J connectivity index is 1.59. The van der Waals surface area contributed by atoms with Crippen LogP contribution in [0.1, 0.15) is 16.7 Å². The van der Waals surface area contributed by atoms with Crippen LogP contribution in [0.15, 0.2) is 109 Å². The maximum atomic E-state index is 12.9. The van der Waals surface area contributed by atoms with Gasteiger partial charge in [0, 0.05) is 34.9 Å². The van der Waals surface area contributed by atoms with E-state index in [1.807, 2.05) is 54.6 Å². The lowest BCUT2D eigenvalue weighted by molar-refractivity contribution is -0.137. The molecule has 3 aromatic carbocycles. The molecule has 1 N–H and O–H groups in total. The molecule has 33 heavy (non-hydrogen) atoms. The van der Waals surface area contributed by atoms with Crippen molar-refractivity contribution in [3.05, 3.63) is 126 Å². The van der Waals surface area contributed by atoms with E-state index in [0.29, 0.717) is 16.8 Å². The molecule has 3 nitrogen and oxygen atoms in total. The summed E-state index contributed by atoms with van der Waals surface area (Å²) in [6.07, 6.45) is 3.66. The highest BCUT2D eigenvalue weighted by Gasteiger charge is 2.30. The first-order valence-corrected chi connectivity index (χ1v) is 10.2. The highest BCUT2D eigenvalue weighted by atomic mass is 19.4.